The molecule has 0 fully saturated rings. The molecule has 0 saturated heterocycles. The van der Waals surface area contributed by atoms with Crippen molar-refractivity contribution >= 4 is 80.3 Å². The zero-order chi connectivity index (χ0) is 40.7. The maximum absolute atomic E-state index is 2.69. The summed E-state index contributed by atoms with van der Waals surface area (Å²) in [6, 6.07) is 64.1. The number of fused-ring (bicyclic) bond motifs is 8. The van der Waals surface area contributed by atoms with E-state index in [2.05, 4.69) is 221 Å². The summed E-state index contributed by atoms with van der Waals surface area (Å²) in [5.74, 6) is 0. The molecule has 8 aromatic rings. The van der Waals surface area contributed by atoms with Gasteiger partial charge in [-0.05, 0) is 129 Å². The number of aryl methyl sites for hydroxylation is 2. The number of nitrogens with zero attached hydrogens (tertiary/aromatic N) is 2. The van der Waals surface area contributed by atoms with Crippen molar-refractivity contribution in [3.8, 4) is 11.1 Å². The maximum Gasteiger partial charge on any atom is 0.247 e. The Labute approximate surface area is 355 Å². The Balaban J connectivity index is 1.19. The van der Waals surface area contributed by atoms with Gasteiger partial charge in [0, 0.05) is 45.0 Å². The molecule has 2 nitrogen and oxygen atoms in total. The molecule has 0 radical (unpaired) electrons. The molecule has 0 unspecified atom stereocenters. The lowest BCUT2D eigenvalue weighted by molar-refractivity contribution is 0.640. The van der Waals surface area contributed by atoms with Gasteiger partial charge in [-0.3, -0.25) is 0 Å². The van der Waals surface area contributed by atoms with Gasteiger partial charge in [-0.1, -0.05) is 160 Å². The van der Waals surface area contributed by atoms with Crippen LogP contribution in [0.1, 0.15) is 61.1 Å². The molecule has 12 rings (SSSR count). The molecule has 0 spiro atoms. The SMILES string of the molecule is Cc1ccc2c3c1C(C)(C)c1ccccc1B3c1cc(-c3cccc(N(c4ccccc4)c4ccccc4)c3)cc3c1N2c1ccc(C)c2c1B3c1ccccc1C2(C)C. The molecule has 0 saturated carbocycles. The number of hydrogen-bond acceptors (Lipinski definition) is 2. The van der Waals surface area contributed by atoms with Crippen LogP contribution in [0.5, 0.6) is 0 Å². The van der Waals surface area contributed by atoms with E-state index in [9.17, 15) is 0 Å². The summed E-state index contributed by atoms with van der Waals surface area (Å²) in [5, 5.41) is 0. The van der Waals surface area contributed by atoms with Gasteiger partial charge >= 0.3 is 0 Å². The third kappa shape index (κ3) is 4.68. The highest BCUT2D eigenvalue weighted by molar-refractivity contribution is 7.03. The molecule has 0 aliphatic carbocycles. The van der Waals surface area contributed by atoms with Crippen molar-refractivity contribution in [3.05, 3.63) is 203 Å². The van der Waals surface area contributed by atoms with Gasteiger partial charge in [-0.15, -0.1) is 0 Å². The Hall–Kier alpha value is -6.51. The zero-order valence-corrected chi connectivity index (χ0v) is 35.2. The minimum Gasteiger partial charge on any atom is -0.313 e. The summed E-state index contributed by atoms with van der Waals surface area (Å²) >= 11 is 0. The first-order valence-corrected chi connectivity index (χ1v) is 21.6. The van der Waals surface area contributed by atoms with E-state index >= 15 is 0 Å². The normalized spacial score (nSPS) is 15.3. The second-order valence-electron chi connectivity index (χ2n) is 18.6. The zero-order valence-electron chi connectivity index (χ0n) is 35.2. The second kappa shape index (κ2) is 12.5. The highest BCUT2D eigenvalue weighted by Crippen LogP contribution is 2.48. The Morgan fingerprint density at radius 1 is 0.417 bits per heavy atom. The Morgan fingerprint density at radius 2 is 0.867 bits per heavy atom. The summed E-state index contributed by atoms with van der Waals surface area (Å²) in [4.78, 5) is 5.07. The van der Waals surface area contributed by atoms with Crippen LogP contribution in [-0.2, 0) is 10.8 Å². The molecule has 4 heteroatoms. The first kappa shape index (κ1) is 35.4. The monoisotopic (exact) mass is 768 g/mol. The van der Waals surface area contributed by atoms with E-state index in [1.54, 1.807) is 0 Å². The molecule has 8 aromatic carbocycles. The van der Waals surface area contributed by atoms with Gasteiger partial charge in [-0.25, -0.2) is 0 Å². The van der Waals surface area contributed by atoms with Crippen molar-refractivity contribution in [3.63, 3.8) is 0 Å². The molecule has 4 heterocycles. The Kier molecular flexibility index (Phi) is 7.39. The molecule has 0 atom stereocenters. The van der Waals surface area contributed by atoms with Crippen molar-refractivity contribution in [2.75, 3.05) is 9.80 Å². The quantitative estimate of drug-likeness (QED) is 0.165. The fourth-order valence-corrected chi connectivity index (χ4v) is 12.3. The Morgan fingerprint density at radius 3 is 1.37 bits per heavy atom. The van der Waals surface area contributed by atoms with Gasteiger partial charge in [0.2, 0.25) is 13.4 Å². The van der Waals surface area contributed by atoms with Crippen LogP contribution in [0.4, 0.5) is 34.1 Å². The van der Waals surface area contributed by atoms with Crippen LogP contribution in [0.2, 0.25) is 0 Å². The predicted octanol–water partition coefficient (Wildman–Crippen LogP) is 9.85. The molecule has 0 bridgehead atoms. The second-order valence-corrected chi connectivity index (χ2v) is 18.6. The van der Waals surface area contributed by atoms with E-state index in [1.807, 2.05) is 0 Å². The van der Waals surface area contributed by atoms with E-state index < -0.39 is 0 Å². The molecule has 0 amide bonds. The molecular weight excluding hydrogens is 722 g/mol. The molecule has 286 valence electrons. The fraction of sp³-hybridized carbons (Fsp3) is 0.143. The molecule has 60 heavy (non-hydrogen) atoms. The molecule has 0 aromatic heterocycles. The van der Waals surface area contributed by atoms with E-state index in [1.165, 1.54) is 94.3 Å². The van der Waals surface area contributed by atoms with Crippen molar-refractivity contribution in [1.82, 2.24) is 0 Å². The van der Waals surface area contributed by atoms with E-state index in [0.717, 1.165) is 17.1 Å². The van der Waals surface area contributed by atoms with Gasteiger partial charge in [0.1, 0.15) is 0 Å². The first-order chi connectivity index (χ1) is 29.1. The van der Waals surface area contributed by atoms with Crippen LogP contribution in [0.15, 0.2) is 170 Å². The van der Waals surface area contributed by atoms with E-state index in [0.29, 0.717) is 0 Å². The average molecular weight is 769 g/mol. The fourth-order valence-electron chi connectivity index (χ4n) is 12.3. The smallest absolute Gasteiger partial charge is 0.247 e. The van der Waals surface area contributed by atoms with E-state index in [-0.39, 0.29) is 24.3 Å². The lowest BCUT2D eigenvalue weighted by Crippen LogP contribution is -2.70. The molecular formula is C56H46B2N2. The summed E-state index contributed by atoms with van der Waals surface area (Å²) in [6.07, 6.45) is 0. The van der Waals surface area contributed by atoms with E-state index in [4.69, 9.17) is 0 Å². The van der Waals surface area contributed by atoms with Gasteiger partial charge in [-0.2, -0.15) is 0 Å². The standard InChI is InChI=1S/C56H46B2N2/c1-35-28-30-48-52-50(35)55(3,4)42-24-13-15-26-44(42)57(52)46-33-38(37-18-17-23-41(32-37)59(39-19-9-7-10-20-39)40-21-11-8-12-22-40)34-47-54(46)60(48)49-31-29-36(2)51-53(49)58(47)45-27-16-14-25-43(45)56(51,5)6/h7-34H,1-6H3. The third-order valence-corrected chi connectivity index (χ3v) is 14.5. The van der Waals surface area contributed by atoms with Crippen molar-refractivity contribution < 1.29 is 0 Å². The van der Waals surface area contributed by atoms with Crippen LogP contribution in [-0.4, -0.2) is 13.4 Å². The van der Waals surface area contributed by atoms with Gasteiger partial charge < -0.3 is 9.80 Å². The van der Waals surface area contributed by atoms with Gasteiger partial charge in [0.05, 0.1) is 0 Å². The lowest BCUT2D eigenvalue weighted by Gasteiger charge is -2.51. The third-order valence-electron chi connectivity index (χ3n) is 14.5. The molecule has 0 N–H and O–H groups in total. The van der Waals surface area contributed by atoms with Crippen LogP contribution in [0.3, 0.4) is 0 Å². The summed E-state index contributed by atoms with van der Waals surface area (Å²) in [6.45, 7) is 14.6. The molecule has 4 aliphatic rings. The summed E-state index contributed by atoms with van der Waals surface area (Å²) < 4.78 is 0. The lowest BCUT2D eigenvalue weighted by atomic mass is 9.26. The maximum atomic E-state index is 2.69. The number of rotatable bonds is 4. The largest absolute Gasteiger partial charge is 0.313 e. The van der Waals surface area contributed by atoms with Crippen LogP contribution in [0.25, 0.3) is 11.1 Å². The topological polar surface area (TPSA) is 6.48 Å². The molecule has 4 aliphatic heterocycles. The summed E-state index contributed by atoms with van der Waals surface area (Å²) in [5.41, 5.74) is 26.7. The van der Waals surface area contributed by atoms with Crippen LogP contribution < -0.4 is 42.6 Å². The van der Waals surface area contributed by atoms with Gasteiger partial charge in [0.25, 0.3) is 0 Å². The number of benzene rings is 8. The first-order valence-electron chi connectivity index (χ1n) is 21.6. The number of hydrogen-bond donors (Lipinski definition) is 0. The minimum atomic E-state index is -0.154. The van der Waals surface area contributed by atoms with Gasteiger partial charge in [0.15, 0.2) is 0 Å². The predicted molar refractivity (Wildman–Crippen MR) is 257 cm³/mol. The Bertz CT molecular complexity index is 2910. The average Bonchev–Trinajstić information content (AvgIpc) is 3.26. The van der Waals surface area contributed by atoms with Crippen molar-refractivity contribution in [2.45, 2.75) is 52.4 Å². The summed E-state index contributed by atoms with van der Waals surface area (Å²) in [7, 11) is 0. The highest BCUT2D eigenvalue weighted by atomic mass is 15.2. The number of para-hydroxylation sites is 2. The van der Waals surface area contributed by atoms with Crippen LogP contribution >= 0.6 is 0 Å². The number of anilines is 6. The van der Waals surface area contributed by atoms with Crippen LogP contribution in [0, 0.1) is 13.8 Å². The highest BCUT2D eigenvalue weighted by Gasteiger charge is 2.52. The van der Waals surface area contributed by atoms with Crippen molar-refractivity contribution in [2.24, 2.45) is 0 Å². The minimum absolute atomic E-state index is 0.0964. The van der Waals surface area contributed by atoms with Crippen molar-refractivity contribution in [1.29, 1.82) is 0 Å².